The van der Waals surface area contributed by atoms with E-state index in [1.165, 1.54) is 6.33 Å². The molecule has 1 aromatic heterocycles. The Bertz CT molecular complexity index is 339. The second-order valence-electron chi connectivity index (χ2n) is 2.99. The van der Waals surface area contributed by atoms with E-state index in [9.17, 15) is 4.79 Å². The average Bonchev–Trinajstić information content (AvgIpc) is 2.48. The number of Topliss-reactive ketones (excluding diaryl/α,β-unsaturated/α-hetero) is 1. The van der Waals surface area contributed by atoms with Crippen LogP contribution < -0.4 is 10.2 Å². The molecule has 2 rings (SSSR count). The minimum atomic E-state index is 0.138. The summed E-state index contributed by atoms with van der Waals surface area (Å²) in [6.45, 7) is 2.61. The highest BCUT2D eigenvalue weighted by Crippen LogP contribution is 2.26. The van der Waals surface area contributed by atoms with Crippen molar-refractivity contribution in [2.75, 3.05) is 23.4 Å². The predicted molar refractivity (Wildman–Crippen MR) is 48.5 cm³/mol. The highest BCUT2D eigenvalue weighted by molar-refractivity contribution is 5.83. The Kier molecular flexibility index (Phi) is 1.84. The quantitative estimate of drug-likeness (QED) is 0.703. The van der Waals surface area contributed by atoms with Gasteiger partial charge in [-0.25, -0.2) is 9.97 Å². The van der Waals surface area contributed by atoms with Gasteiger partial charge in [0.1, 0.15) is 17.8 Å². The SMILES string of the molecule is CC(=O)CN1CNc2ncncc21. The van der Waals surface area contributed by atoms with Crippen LogP contribution in [0.15, 0.2) is 12.5 Å². The molecule has 1 N–H and O–H groups in total. The summed E-state index contributed by atoms with van der Waals surface area (Å²) in [5.74, 6) is 0.940. The maximum atomic E-state index is 10.9. The fraction of sp³-hybridized carbons (Fsp3) is 0.375. The first kappa shape index (κ1) is 7.97. The standard InChI is InChI=1S/C8H10N4O/c1-6(13)3-12-5-11-8-7(12)2-9-4-10-8/h2,4H,3,5H2,1H3,(H,9,10,11). The van der Waals surface area contributed by atoms with E-state index in [0.29, 0.717) is 13.2 Å². The molecule has 0 aromatic carbocycles. The molecule has 0 saturated carbocycles. The van der Waals surface area contributed by atoms with E-state index in [-0.39, 0.29) is 5.78 Å². The van der Waals surface area contributed by atoms with E-state index in [2.05, 4.69) is 15.3 Å². The molecule has 68 valence electrons. The number of hydrogen-bond donors (Lipinski definition) is 1. The molecule has 2 heterocycles. The number of nitrogens with one attached hydrogen (secondary N) is 1. The van der Waals surface area contributed by atoms with E-state index in [1.807, 2.05) is 4.90 Å². The van der Waals surface area contributed by atoms with Crippen LogP contribution >= 0.6 is 0 Å². The molecule has 0 aliphatic carbocycles. The zero-order valence-electron chi connectivity index (χ0n) is 7.32. The van der Waals surface area contributed by atoms with E-state index in [1.54, 1.807) is 13.1 Å². The van der Waals surface area contributed by atoms with Crippen molar-refractivity contribution in [3.05, 3.63) is 12.5 Å². The lowest BCUT2D eigenvalue weighted by Gasteiger charge is -2.14. The molecule has 0 saturated heterocycles. The largest absolute Gasteiger partial charge is 0.351 e. The van der Waals surface area contributed by atoms with Crippen LogP contribution in [-0.4, -0.2) is 29.0 Å². The minimum absolute atomic E-state index is 0.138. The summed E-state index contributed by atoms with van der Waals surface area (Å²) < 4.78 is 0. The van der Waals surface area contributed by atoms with Crippen molar-refractivity contribution in [1.82, 2.24) is 9.97 Å². The normalized spacial score (nSPS) is 13.8. The van der Waals surface area contributed by atoms with Crippen molar-refractivity contribution >= 4 is 17.3 Å². The number of hydrogen-bond acceptors (Lipinski definition) is 5. The molecule has 1 aliphatic heterocycles. The number of anilines is 2. The Labute approximate surface area is 75.8 Å². The van der Waals surface area contributed by atoms with Gasteiger partial charge in [-0.05, 0) is 6.92 Å². The molecule has 1 aromatic rings. The second-order valence-corrected chi connectivity index (χ2v) is 2.99. The second kappa shape index (κ2) is 3.01. The van der Waals surface area contributed by atoms with E-state index >= 15 is 0 Å². The van der Waals surface area contributed by atoms with Gasteiger partial charge in [0.15, 0.2) is 5.82 Å². The van der Waals surface area contributed by atoms with Gasteiger partial charge in [-0.2, -0.15) is 0 Å². The molecule has 0 fully saturated rings. The van der Waals surface area contributed by atoms with Crippen molar-refractivity contribution in [2.24, 2.45) is 0 Å². The number of rotatable bonds is 2. The summed E-state index contributed by atoms with van der Waals surface area (Å²) in [7, 11) is 0. The van der Waals surface area contributed by atoms with Gasteiger partial charge < -0.3 is 10.2 Å². The van der Waals surface area contributed by atoms with Crippen molar-refractivity contribution < 1.29 is 4.79 Å². The van der Waals surface area contributed by atoms with Crippen molar-refractivity contribution in [3.63, 3.8) is 0 Å². The molecule has 0 unspecified atom stereocenters. The summed E-state index contributed by atoms with van der Waals surface area (Å²) in [6, 6.07) is 0. The minimum Gasteiger partial charge on any atom is -0.351 e. The van der Waals surface area contributed by atoms with Crippen LogP contribution in [0.25, 0.3) is 0 Å². The van der Waals surface area contributed by atoms with Crippen LogP contribution in [-0.2, 0) is 4.79 Å². The first-order chi connectivity index (χ1) is 6.27. The first-order valence-corrected chi connectivity index (χ1v) is 4.05. The third-order valence-corrected chi connectivity index (χ3v) is 1.88. The number of aromatic nitrogens is 2. The molecule has 5 nitrogen and oxygen atoms in total. The van der Waals surface area contributed by atoms with Crippen LogP contribution in [0.1, 0.15) is 6.92 Å². The van der Waals surface area contributed by atoms with Gasteiger partial charge in [0.05, 0.1) is 19.4 Å². The molecular formula is C8H10N4O. The van der Waals surface area contributed by atoms with Crippen molar-refractivity contribution in [1.29, 1.82) is 0 Å². The average molecular weight is 178 g/mol. The van der Waals surface area contributed by atoms with Crippen molar-refractivity contribution in [3.8, 4) is 0 Å². The number of carbonyl (C=O) groups is 1. The van der Waals surface area contributed by atoms with Gasteiger partial charge >= 0.3 is 0 Å². The van der Waals surface area contributed by atoms with Crippen LogP contribution in [0.5, 0.6) is 0 Å². The molecular weight excluding hydrogens is 168 g/mol. The van der Waals surface area contributed by atoms with Crippen LogP contribution in [0, 0.1) is 0 Å². The van der Waals surface area contributed by atoms with Crippen LogP contribution in [0.3, 0.4) is 0 Å². The molecule has 1 aliphatic rings. The molecule has 0 spiro atoms. The topological polar surface area (TPSA) is 58.1 Å². The number of ketones is 1. The maximum absolute atomic E-state index is 10.9. The smallest absolute Gasteiger partial charge is 0.154 e. The Hall–Kier alpha value is -1.65. The third kappa shape index (κ3) is 1.44. The molecule has 5 heteroatoms. The van der Waals surface area contributed by atoms with Gasteiger partial charge in [-0.15, -0.1) is 0 Å². The van der Waals surface area contributed by atoms with Gasteiger partial charge in [-0.1, -0.05) is 0 Å². The van der Waals surface area contributed by atoms with Crippen LogP contribution in [0.2, 0.25) is 0 Å². The molecule has 0 bridgehead atoms. The summed E-state index contributed by atoms with van der Waals surface area (Å²) >= 11 is 0. The number of nitrogens with zero attached hydrogens (tertiary/aromatic N) is 3. The number of carbonyl (C=O) groups excluding carboxylic acids is 1. The Morgan fingerprint density at radius 1 is 1.77 bits per heavy atom. The lowest BCUT2D eigenvalue weighted by molar-refractivity contribution is -0.115. The van der Waals surface area contributed by atoms with Gasteiger partial charge in [0.2, 0.25) is 0 Å². The maximum Gasteiger partial charge on any atom is 0.154 e. The molecule has 0 radical (unpaired) electrons. The molecule has 0 amide bonds. The first-order valence-electron chi connectivity index (χ1n) is 4.05. The Morgan fingerprint density at radius 2 is 2.62 bits per heavy atom. The predicted octanol–water partition coefficient (Wildman–Crippen LogP) is 0.255. The van der Waals surface area contributed by atoms with Crippen molar-refractivity contribution in [2.45, 2.75) is 6.92 Å². The zero-order chi connectivity index (χ0) is 9.26. The highest BCUT2D eigenvalue weighted by atomic mass is 16.1. The van der Waals surface area contributed by atoms with Gasteiger partial charge in [0.25, 0.3) is 0 Å². The fourth-order valence-electron chi connectivity index (χ4n) is 1.36. The number of fused-ring (bicyclic) bond motifs is 1. The van der Waals surface area contributed by atoms with E-state index in [4.69, 9.17) is 0 Å². The Balaban J connectivity index is 2.23. The Morgan fingerprint density at radius 3 is 3.38 bits per heavy atom. The summed E-state index contributed by atoms with van der Waals surface area (Å²) in [5.41, 5.74) is 0.901. The third-order valence-electron chi connectivity index (χ3n) is 1.88. The van der Waals surface area contributed by atoms with Gasteiger partial charge in [0, 0.05) is 0 Å². The molecule has 13 heavy (non-hydrogen) atoms. The van der Waals surface area contributed by atoms with Gasteiger partial charge in [-0.3, -0.25) is 4.79 Å². The lowest BCUT2D eigenvalue weighted by Crippen LogP contribution is -2.28. The molecule has 0 atom stereocenters. The summed E-state index contributed by atoms with van der Waals surface area (Å²) in [5, 5.41) is 3.08. The van der Waals surface area contributed by atoms with Crippen LogP contribution in [0.4, 0.5) is 11.5 Å². The summed E-state index contributed by atoms with van der Waals surface area (Å²) in [6.07, 6.45) is 3.20. The highest BCUT2D eigenvalue weighted by Gasteiger charge is 2.19. The van der Waals surface area contributed by atoms with E-state index in [0.717, 1.165) is 11.5 Å². The van der Waals surface area contributed by atoms with E-state index < -0.39 is 0 Å². The summed E-state index contributed by atoms with van der Waals surface area (Å²) in [4.78, 5) is 20.8. The zero-order valence-corrected chi connectivity index (χ0v) is 7.32. The fourth-order valence-corrected chi connectivity index (χ4v) is 1.36. The lowest BCUT2D eigenvalue weighted by atomic mass is 10.4. The monoisotopic (exact) mass is 178 g/mol.